The summed E-state index contributed by atoms with van der Waals surface area (Å²) < 4.78 is 33.2. The molecule has 4 aromatic rings. The number of benzene rings is 3. The number of fused-ring (bicyclic) bond motifs is 1. The van der Waals surface area contributed by atoms with E-state index < -0.39 is 16.1 Å². The standard InChI is InChI=1S/C26H30N4O4S.ClH/c1-19-24-12-11-23(16-25(24)30(28-19)18-20-7-4-3-5-8-20)34-14-13-27-17-26(31)21-9-6-10-22(15-21)29-35(2,32)33;/h3-12,15-16,26-27,29,31H,13-14,17-18H2,1-2H3;1H/t26-;/m0./s1. The number of ether oxygens (including phenoxy) is 1. The molecule has 36 heavy (non-hydrogen) atoms. The Balaban J connectivity index is 0.00000361. The van der Waals surface area contributed by atoms with Crippen LogP contribution in [0, 0.1) is 6.92 Å². The van der Waals surface area contributed by atoms with Gasteiger partial charge in [0.2, 0.25) is 10.0 Å². The normalized spacial score (nSPS) is 12.2. The first kappa shape index (κ1) is 27.5. The minimum absolute atomic E-state index is 0. The lowest BCUT2D eigenvalue weighted by Crippen LogP contribution is -2.26. The van der Waals surface area contributed by atoms with Crippen molar-refractivity contribution in [2.24, 2.45) is 0 Å². The highest BCUT2D eigenvalue weighted by atomic mass is 35.5. The molecule has 0 aliphatic rings. The smallest absolute Gasteiger partial charge is 0.229 e. The summed E-state index contributed by atoms with van der Waals surface area (Å²) in [5.41, 5.74) is 4.23. The summed E-state index contributed by atoms with van der Waals surface area (Å²) in [5, 5.41) is 19.4. The SMILES string of the molecule is Cc1nn(Cc2ccccc2)c2cc(OCCNC[C@H](O)c3cccc(NS(C)(=O)=O)c3)ccc12.Cl. The van der Waals surface area contributed by atoms with Crippen molar-refractivity contribution in [3.63, 3.8) is 0 Å². The van der Waals surface area contributed by atoms with Crippen LogP contribution in [0.25, 0.3) is 10.9 Å². The van der Waals surface area contributed by atoms with E-state index in [9.17, 15) is 13.5 Å². The number of halogens is 1. The van der Waals surface area contributed by atoms with Crippen molar-refractivity contribution in [3.8, 4) is 5.75 Å². The van der Waals surface area contributed by atoms with Gasteiger partial charge < -0.3 is 15.2 Å². The van der Waals surface area contributed by atoms with Gasteiger partial charge >= 0.3 is 0 Å². The zero-order valence-electron chi connectivity index (χ0n) is 20.2. The second-order valence-corrected chi connectivity index (χ2v) is 10.2. The third-order valence-corrected chi connectivity index (χ3v) is 6.15. The molecule has 3 N–H and O–H groups in total. The monoisotopic (exact) mass is 530 g/mol. The van der Waals surface area contributed by atoms with Gasteiger partial charge in [-0.25, -0.2) is 8.42 Å². The number of aromatic nitrogens is 2. The van der Waals surface area contributed by atoms with E-state index in [0.717, 1.165) is 28.6 Å². The highest BCUT2D eigenvalue weighted by molar-refractivity contribution is 7.92. The average Bonchev–Trinajstić information content (AvgIpc) is 3.13. The van der Waals surface area contributed by atoms with Crippen molar-refractivity contribution in [1.29, 1.82) is 0 Å². The lowest BCUT2D eigenvalue weighted by atomic mass is 10.1. The predicted octanol–water partition coefficient (Wildman–Crippen LogP) is 3.89. The molecule has 0 bridgehead atoms. The molecule has 0 radical (unpaired) electrons. The number of hydrogen-bond donors (Lipinski definition) is 3. The van der Waals surface area contributed by atoms with Crippen LogP contribution in [0.2, 0.25) is 0 Å². The number of sulfonamides is 1. The van der Waals surface area contributed by atoms with Gasteiger partial charge in [-0.2, -0.15) is 5.10 Å². The Morgan fingerprint density at radius 1 is 1.06 bits per heavy atom. The maximum atomic E-state index is 11.4. The minimum atomic E-state index is -3.37. The third-order valence-electron chi connectivity index (χ3n) is 5.54. The van der Waals surface area contributed by atoms with Crippen LogP contribution in [0.15, 0.2) is 72.8 Å². The molecule has 10 heteroatoms. The van der Waals surface area contributed by atoms with E-state index in [1.165, 1.54) is 5.56 Å². The van der Waals surface area contributed by atoms with E-state index in [1.807, 2.05) is 48.0 Å². The molecule has 3 aromatic carbocycles. The van der Waals surface area contributed by atoms with Gasteiger partial charge in [-0.1, -0.05) is 42.5 Å². The Bertz CT molecular complexity index is 1390. The summed E-state index contributed by atoms with van der Waals surface area (Å²) in [4.78, 5) is 0. The maximum Gasteiger partial charge on any atom is 0.229 e. The van der Waals surface area contributed by atoms with Gasteiger partial charge in [0.1, 0.15) is 12.4 Å². The molecule has 0 saturated heterocycles. The predicted molar refractivity (Wildman–Crippen MR) is 145 cm³/mol. The maximum absolute atomic E-state index is 11.4. The molecule has 192 valence electrons. The molecule has 0 aliphatic carbocycles. The van der Waals surface area contributed by atoms with Gasteiger partial charge in [0.25, 0.3) is 0 Å². The van der Waals surface area contributed by atoms with E-state index >= 15 is 0 Å². The largest absolute Gasteiger partial charge is 0.492 e. The van der Waals surface area contributed by atoms with Crippen LogP contribution in [0.5, 0.6) is 5.75 Å². The Labute approximate surface area is 217 Å². The molecule has 0 amide bonds. The van der Waals surface area contributed by atoms with Gasteiger partial charge in [0, 0.05) is 30.2 Å². The molecule has 1 aromatic heterocycles. The van der Waals surface area contributed by atoms with Crippen LogP contribution in [-0.4, -0.2) is 49.3 Å². The van der Waals surface area contributed by atoms with Crippen LogP contribution in [0.4, 0.5) is 5.69 Å². The lowest BCUT2D eigenvalue weighted by Gasteiger charge is -2.14. The number of hydrogen-bond acceptors (Lipinski definition) is 6. The van der Waals surface area contributed by atoms with E-state index in [0.29, 0.717) is 37.5 Å². The summed E-state index contributed by atoms with van der Waals surface area (Å²) in [6, 6.07) is 22.9. The van der Waals surface area contributed by atoms with Crippen molar-refractivity contribution in [2.45, 2.75) is 19.6 Å². The fraction of sp³-hybridized carbons (Fsp3) is 0.269. The van der Waals surface area contributed by atoms with Crippen molar-refractivity contribution in [2.75, 3.05) is 30.7 Å². The Morgan fingerprint density at radius 3 is 2.58 bits per heavy atom. The first-order valence-electron chi connectivity index (χ1n) is 11.4. The van der Waals surface area contributed by atoms with Crippen LogP contribution in [-0.2, 0) is 16.6 Å². The highest BCUT2D eigenvalue weighted by Crippen LogP contribution is 2.24. The molecule has 0 spiro atoms. The van der Waals surface area contributed by atoms with E-state index in [4.69, 9.17) is 9.84 Å². The topological polar surface area (TPSA) is 105 Å². The van der Waals surface area contributed by atoms with Crippen LogP contribution in [0.3, 0.4) is 0 Å². The molecular formula is C26H31ClN4O4S. The van der Waals surface area contributed by atoms with Crippen LogP contribution >= 0.6 is 12.4 Å². The summed E-state index contributed by atoms with van der Waals surface area (Å²) in [6.07, 6.45) is 0.316. The van der Waals surface area contributed by atoms with E-state index in [2.05, 4.69) is 22.2 Å². The van der Waals surface area contributed by atoms with Gasteiger partial charge in [-0.15, -0.1) is 12.4 Å². The van der Waals surface area contributed by atoms with E-state index in [-0.39, 0.29) is 12.4 Å². The minimum Gasteiger partial charge on any atom is -0.492 e. The first-order chi connectivity index (χ1) is 16.8. The lowest BCUT2D eigenvalue weighted by molar-refractivity contribution is 0.172. The molecule has 0 saturated carbocycles. The van der Waals surface area contributed by atoms with Crippen molar-refractivity contribution < 1.29 is 18.3 Å². The number of nitrogens with one attached hydrogen (secondary N) is 2. The summed E-state index contributed by atoms with van der Waals surface area (Å²) in [7, 11) is -3.37. The Morgan fingerprint density at radius 2 is 1.83 bits per heavy atom. The Hall–Kier alpha value is -3.11. The number of aliphatic hydroxyl groups excluding tert-OH is 1. The molecule has 1 atom stereocenters. The van der Waals surface area contributed by atoms with Crippen molar-refractivity contribution in [3.05, 3.63) is 89.6 Å². The number of anilines is 1. The molecule has 0 fully saturated rings. The van der Waals surface area contributed by atoms with Crippen molar-refractivity contribution >= 4 is 39.0 Å². The second kappa shape index (κ2) is 12.2. The molecular weight excluding hydrogens is 500 g/mol. The fourth-order valence-corrected chi connectivity index (χ4v) is 4.46. The number of rotatable bonds is 11. The molecule has 4 rings (SSSR count). The Kier molecular flexibility index (Phi) is 9.33. The average molecular weight is 531 g/mol. The highest BCUT2D eigenvalue weighted by Gasteiger charge is 2.11. The van der Waals surface area contributed by atoms with Gasteiger partial charge in [0.05, 0.1) is 30.1 Å². The summed E-state index contributed by atoms with van der Waals surface area (Å²) >= 11 is 0. The van der Waals surface area contributed by atoms with Crippen molar-refractivity contribution in [1.82, 2.24) is 15.1 Å². The van der Waals surface area contributed by atoms with Gasteiger partial charge in [0.15, 0.2) is 0 Å². The molecule has 8 nitrogen and oxygen atoms in total. The zero-order chi connectivity index (χ0) is 24.8. The zero-order valence-corrected chi connectivity index (χ0v) is 21.8. The number of nitrogens with zero attached hydrogens (tertiary/aromatic N) is 2. The van der Waals surface area contributed by atoms with Crippen LogP contribution < -0.4 is 14.8 Å². The van der Waals surface area contributed by atoms with Crippen LogP contribution in [0.1, 0.15) is 22.9 Å². The van der Waals surface area contributed by atoms with E-state index in [1.54, 1.807) is 24.3 Å². The molecule has 0 aliphatic heterocycles. The van der Waals surface area contributed by atoms with Gasteiger partial charge in [-0.05, 0) is 42.3 Å². The fourth-order valence-electron chi connectivity index (χ4n) is 3.91. The summed E-state index contributed by atoms with van der Waals surface area (Å²) in [6.45, 7) is 3.98. The molecule has 0 unspecified atom stereocenters. The quantitative estimate of drug-likeness (QED) is 0.254. The number of aliphatic hydroxyl groups is 1. The third kappa shape index (κ3) is 7.44. The number of aryl methyl sites for hydroxylation is 1. The molecule has 1 heterocycles. The summed E-state index contributed by atoms with van der Waals surface area (Å²) in [5.74, 6) is 0.758. The first-order valence-corrected chi connectivity index (χ1v) is 13.3. The second-order valence-electron chi connectivity index (χ2n) is 8.48. The van der Waals surface area contributed by atoms with Gasteiger partial charge in [-0.3, -0.25) is 9.40 Å².